The van der Waals surface area contributed by atoms with Gasteiger partial charge in [0.2, 0.25) is 0 Å². The third-order valence-corrected chi connectivity index (χ3v) is 4.70. The summed E-state index contributed by atoms with van der Waals surface area (Å²) in [6.07, 6.45) is 8.67. The number of hydrogen-bond acceptors (Lipinski definition) is 5. The average molecular weight is 351 g/mol. The van der Waals surface area contributed by atoms with E-state index in [1.807, 2.05) is 24.8 Å². The van der Waals surface area contributed by atoms with Crippen molar-refractivity contribution in [1.82, 2.24) is 19.9 Å². The lowest BCUT2D eigenvalue weighted by Crippen LogP contribution is -2.31. The minimum absolute atomic E-state index is 0.870. The van der Waals surface area contributed by atoms with Crippen molar-refractivity contribution in [3.63, 3.8) is 0 Å². The van der Waals surface area contributed by atoms with Crippen LogP contribution >= 0.6 is 27.7 Å². The summed E-state index contributed by atoms with van der Waals surface area (Å²) in [6, 6.07) is 2.06. The summed E-state index contributed by atoms with van der Waals surface area (Å²) in [7, 11) is 0. The Kier molecular flexibility index (Phi) is 4.33. The van der Waals surface area contributed by atoms with Gasteiger partial charge in [-0.1, -0.05) is 11.8 Å². The molecule has 0 amide bonds. The minimum Gasteiger partial charge on any atom is -0.294 e. The number of nitrogens with zero attached hydrogens (tertiary/aromatic N) is 4. The second-order valence-electron chi connectivity index (χ2n) is 4.76. The highest BCUT2D eigenvalue weighted by atomic mass is 79.9. The van der Waals surface area contributed by atoms with Gasteiger partial charge in [0.05, 0.1) is 5.69 Å². The van der Waals surface area contributed by atoms with Crippen molar-refractivity contribution < 1.29 is 0 Å². The first-order valence-corrected chi connectivity index (χ1v) is 8.47. The fraction of sp³-hybridized carbons (Fsp3) is 0.357. The van der Waals surface area contributed by atoms with Crippen LogP contribution in [0, 0.1) is 0 Å². The first-order valence-electron chi connectivity index (χ1n) is 6.46. The van der Waals surface area contributed by atoms with Crippen LogP contribution in [0.1, 0.15) is 16.8 Å². The molecule has 1 aliphatic heterocycles. The Balaban J connectivity index is 1.74. The van der Waals surface area contributed by atoms with Crippen molar-refractivity contribution in [2.75, 3.05) is 12.8 Å². The number of hydrogen-bond donors (Lipinski definition) is 0. The van der Waals surface area contributed by atoms with E-state index in [1.54, 1.807) is 11.8 Å². The summed E-state index contributed by atoms with van der Waals surface area (Å²) in [4.78, 5) is 15.5. The highest BCUT2D eigenvalue weighted by molar-refractivity contribution is 9.10. The zero-order chi connectivity index (χ0) is 13.9. The molecule has 104 valence electrons. The first-order chi connectivity index (χ1) is 9.76. The molecule has 3 heterocycles. The van der Waals surface area contributed by atoms with Crippen LogP contribution in [0.25, 0.3) is 0 Å². The van der Waals surface area contributed by atoms with Crippen LogP contribution in [-0.2, 0) is 19.5 Å². The van der Waals surface area contributed by atoms with E-state index < -0.39 is 0 Å². The summed E-state index contributed by atoms with van der Waals surface area (Å²) < 4.78 is 1.07. The van der Waals surface area contributed by atoms with Crippen LogP contribution in [0.3, 0.4) is 0 Å². The lowest BCUT2D eigenvalue weighted by molar-refractivity contribution is 0.241. The maximum atomic E-state index is 4.60. The third-order valence-electron chi connectivity index (χ3n) is 3.42. The van der Waals surface area contributed by atoms with Gasteiger partial charge in [-0.2, -0.15) is 0 Å². The number of rotatable bonds is 3. The predicted molar refractivity (Wildman–Crippen MR) is 83.6 cm³/mol. The van der Waals surface area contributed by atoms with Crippen LogP contribution in [0.5, 0.6) is 0 Å². The van der Waals surface area contributed by atoms with E-state index in [0.29, 0.717) is 0 Å². The van der Waals surface area contributed by atoms with Gasteiger partial charge in [0, 0.05) is 54.7 Å². The van der Waals surface area contributed by atoms with Crippen molar-refractivity contribution in [3.05, 3.63) is 46.0 Å². The minimum atomic E-state index is 0.870. The molecule has 0 saturated heterocycles. The Labute approximate surface area is 131 Å². The van der Waals surface area contributed by atoms with E-state index in [0.717, 1.165) is 35.7 Å². The maximum Gasteiger partial charge on any atom is 0.187 e. The fourth-order valence-electron chi connectivity index (χ4n) is 2.36. The largest absolute Gasteiger partial charge is 0.294 e. The van der Waals surface area contributed by atoms with Crippen LogP contribution in [-0.4, -0.2) is 32.7 Å². The molecule has 0 radical (unpaired) electrons. The molecule has 4 nitrogen and oxygen atoms in total. The SMILES string of the molecule is CSc1ncc2c(n1)CCN(Cc1ccncc1Br)C2. The standard InChI is InChI=1S/C14H15BrN4S/c1-20-14-17-6-11-9-19(5-3-13(11)18-14)8-10-2-4-16-7-12(10)15/h2,4,6-7H,3,5,8-9H2,1H3. The Bertz CT molecular complexity index is 620. The lowest BCUT2D eigenvalue weighted by Gasteiger charge is -2.28. The topological polar surface area (TPSA) is 41.9 Å². The lowest BCUT2D eigenvalue weighted by atomic mass is 10.1. The first kappa shape index (κ1) is 14.0. The van der Waals surface area contributed by atoms with Crippen molar-refractivity contribution in [1.29, 1.82) is 0 Å². The molecule has 3 rings (SSSR count). The molecule has 0 atom stereocenters. The molecule has 0 N–H and O–H groups in total. The Morgan fingerprint density at radius 1 is 1.40 bits per heavy atom. The molecule has 0 unspecified atom stereocenters. The van der Waals surface area contributed by atoms with E-state index in [1.165, 1.54) is 16.8 Å². The van der Waals surface area contributed by atoms with E-state index in [2.05, 4.69) is 41.8 Å². The predicted octanol–water partition coefficient (Wildman–Crippen LogP) is 2.91. The fourth-order valence-corrected chi connectivity index (χ4v) is 3.10. The van der Waals surface area contributed by atoms with Crippen LogP contribution < -0.4 is 0 Å². The average Bonchev–Trinajstić information content (AvgIpc) is 2.49. The summed E-state index contributed by atoms with van der Waals surface area (Å²) >= 11 is 5.16. The molecular formula is C14H15BrN4S. The van der Waals surface area contributed by atoms with Crippen molar-refractivity contribution >= 4 is 27.7 Å². The zero-order valence-corrected chi connectivity index (χ0v) is 13.6. The maximum absolute atomic E-state index is 4.60. The molecule has 2 aromatic heterocycles. The van der Waals surface area contributed by atoms with E-state index in [4.69, 9.17) is 0 Å². The normalized spacial score (nSPS) is 15.1. The summed E-state index contributed by atoms with van der Waals surface area (Å²) in [6.45, 7) is 2.87. The Morgan fingerprint density at radius 3 is 3.10 bits per heavy atom. The van der Waals surface area contributed by atoms with E-state index >= 15 is 0 Å². The number of aromatic nitrogens is 3. The number of halogens is 1. The molecule has 2 aromatic rings. The third kappa shape index (κ3) is 3.02. The molecule has 20 heavy (non-hydrogen) atoms. The Morgan fingerprint density at radius 2 is 2.30 bits per heavy atom. The summed E-state index contributed by atoms with van der Waals surface area (Å²) in [5.41, 5.74) is 3.72. The molecule has 1 aliphatic rings. The van der Waals surface area contributed by atoms with Gasteiger partial charge in [0.15, 0.2) is 5.16 Å². The van der Waals surface area contributed by atoms with Crippen molar-refractivity contribution in [3.8, 4) is 0 Å². The van der Waals surface area contributed by atoms with Gasteiger partial charge < -0.3 is 0 Å². The molecule has 6 heteroatoms. The second-order valence-corrected chi connectivity index (χ2v) is 6.38. The smallest absolute Gasteiger partial charge is 0.187 e. The molecular weight excluding hydrogens is 336 g/mol. The zero-order valence-electron chi connectivity index (χ0n) is 11.2. The summed E-state index contributed by atoms with van der Waals surface area (Å²) in [5, 5.41) is 0.870. The molecule has 0 aromatic carbocycles. The van der Waals surface area contributed by atoms with Crippen LogP contribution in [0.15, 0.2) is 34.3 Å². The molecule has 0 saturated carbocycles. The van der Waals surface area contributed by atoms with Gasteiger partial charge in [0.1, 0.15) is 0 Å². The molecule has 0 spiro atoms. The Hall–Kier alpha value is -0.980. The second kappa shape index (κ2) is 6.20. The molecule has 0 fully saturated rings. The van der Waals surface area contributed by atoms with Gasteiger partial charge in [-0.25, -0.2) is 9.97 Å². The van der Waals surface area contributed by atoms with E-state index in [-0.39, 0.29) is 0 Å². The van der Waals surface area contributed by atoms with Gasteiger partial charge in [0.25, 0.3) is 0 Å². The van der Waals surface area contributed by atoms with Gasteiger partial charge in [-0.15, -0.1) is 0 Å². The highest BCUT2D eigenvalue weighted by Crippen LogP contribution is 2.22. The van der Waals surface area contributed by atoms with Gasteiger partial charge in [-0.05, 0) is 33.8 Å². The summed E-state index contributed by atoms with van der Waals surface area (Å²) in [5.74, 6) is 0. The number of pyridine rings is 1. The van der Waals surface area contributed by atoms with E-state index in [9.17, 15) is 0 Å². The molecule has 0 bridgehead atoms. The highest BCUT2D eigenvalue weighted by Gasteiger charge is 2.19. The van der Waals surface area contributed by atoms with Crippen molar-refractivity contribution in [2.24, 2.45) is 0 Å². The van der Waals surface area contributed by atoms with Crippen molar-refractivity contribution in [2.45, 2.75) is 24.7 Å². The van der Waals surface area contributed by atoms with Crippen LogP contribution in [0.4, 0.5) is 0 Å². The van der Waals surface area contributed by atoms with Crippen LogP contribution in [0.2, 0.25) is 0 Å². The number of fused-ring (bicyclic) bond motifs is 1. The number of thioether (sulfide) groups is 1. The van der Waals surface area contributed by atoms with Gasteiger partial charge >= 0.3 is 0 Å². The molecule has 0 aliphatic carbocycles. The quantitative estimate of drug-likeness (QED) is 0.628. The van der Waals surface area contributed by atoms with Gasteiger partial charge in [-0.3, -0.25) is 9.88 Å². The monoisotopic (exact) mass is 350 g/mol.